The van der Waals surface area contributed by atoms with Crippen LogP contribution in [0, 0.1) is 0 Å². The Bertz CT molecular complexity index is 487. The summed E-state index contributed by atoms with van der Waals surface area (Å²) in [4.78, 5) is 6.86. The van der Waals surface area contributed by atoms with Crippen molar-refractivity contribution in [2.75, 3.05) is 46.9 Å². The highest BCUT2D eigenvalue weighted by atomic mass is 127. The summed E-state index contributed by atoms with van der Waals surface area (Å²) in [5, 5.41) is 6.78. The predicted octanol–water partition coefficient (Wildman–Crippen LogP) is 2.90. The van der Waals surface area contributed by atoms with E-state index in [1.54, 1.807) is 7.11 Å². The van der Waals surface area contributed by atoms with Crippen LogP contribution in [0.5, 0.6) is 5.75 Å². The maximum absolute atomic E-state index is 5.18. The van der Waals surface area contributed by atoms with E-state index in [1.165, 1.54) is 50.9 Å². The van der Waals surface area contributed by atoms with Crippen molar-refractivity contribution in [2.45, 2.75) is 32.1 Å². The zero-order valence-corrected chi connectivity index (χ0v) is 17.9. The zero-order chi connectivity index (χ0) is 17.0. The van der Waals surface area contributed by atoms with Crippen LogP contribution in [0.25, 0.3) is 0 Å². The Kier molecular flexibility index (Phi) is 11.6. The molecule has 1 fully saturated rings. The summed E-state index contributed by atoms with van der Waals surface area (Å²) in [6.45, 7) is 5.69. The Balaban J connectivity index is 0.00000312. The summed E-state index contributed by atoms with van der Waals surface area (Å²) in [5.41, 5.74) is 1.30. The van der Waals surface area contributed by atoms with Crippen LogP contribution in [0.15, 0.2) is 29.3 Å². The second-order valence-corrected chi connectivity index (χ2v) is 6.28. The highest BCUT2D eigenvalue weighted by molar-refractivity contribution is 14.0. The lowest BCUT2D eigenvalue weighted by molar-refractivity contribution is 0.330. The van der Waals surface area contributed by atoms with Crippen LogP contribution < -0.4 is 15.4 Å². The summed E-state index contributed by atoms with van der Waals surface area (Å²) in [6, 6.07) is 8.22. The summed E-state index contributed by atoms with van der Waals surface area (Å²) >= 11 is 0. The van der Waals surface area contributed by atoms with E-state index in [-0.39, 0.29) is 24.0 Å². The van der Waals surface area contributed by atoms with Gasteiger partial charge in [-0.2, -0.15) is 0 Å². The fourth-order valence-corrected chi connectivity index (χ4v) is 3.01. The van der Waals surface area contributed by atoms with Crippen LogP contribution in [-0.2, 0) is 6.42 Å². The summed E-state index contributed by atoms with van der Waals surface area (Å²) in [5.74, 6) is 1.79. The first-order valence-electron chi connectivity index (χ1n) is 9.11. The highest BCUT2D eigenvalue weighted by Crippen LogP contribution is 2.11. The van der Waals surface area contributed by atoms with Crippen LogP contribution in [-0.4, -0.2) is 57.7 Å². The van der Waals surface area contributed by atoms with E-state index < -0.39 is 0 Å². The molecule has 0 unspecified atom stereocenters. The highest BCUT2D eigenvalue weighted by Gasteiger charge is 2.09. The van der Waals surface area contributed by atoms with Gasteiger partial charge in [0, 0.05) is 20.1 Å². The molecule has 6 heteroatoms. The first-order chi connectivity index (χ1) is 11.8. The average Bonchev–Trinajstić information content (AvgIpc) is 3.14. The molecule has 25 heavy (non-hydrogen) atoms. The van der Waals surface area contributed by atoms with Crippen LogP contribution in [0.3, 0.4) is 0 Å². The molecule has 0 amide bonds. The van der Waals surface area contributed by atoms with Gasteiger partial charge in [0.25, 0.3) is 0 Å². The molecular weight excluding hydrogens is 427 g/mol. The standard InChI is InChI=1S/C19H32N4O.HI/c1-20-19(21-12-3-4-14-23-15-5-6-16-23)22-13-11-17-7-9-18(24-2)10-8-17;/h7-10H,3-6,11-16H2,1-2H3,(H2,20,21,22);1H. The Labute approximate surface area is 169 Å². The number of likely N-dealkylation sites (tertiary alicyclic amines) is 1. The number of nitrogens with one attached hydrogen (secondary N) is 2. The number of methoxy groups -OCH3 is 1. The Morgan fingerprint density at radius 1 is 1.08 bits per heavy atom. The fourth-order valence-electron chi connectivity index (χ4n) is 3.01. The van der Waals surface area contributed by atoms with Gasteiger partial charge in [0.2, 0.25) is 0 Å². The van der Waals surface area contributed by atoms with Gasteiger partial charge < -0.3 is 20.3 Å². The van der Waals surface area contributed by atoms with Crippen molar-refractivity contribution in [2.24, 2.45) is 4.99 Å². The molecule has 1 aromatic carbocycles. The predicted molar refractivity (Wildman–Crippen MR) is 116 cm³/mol. The molecule has 1 saturated heterocycles. The van der Waals surface area contributed by atoms with E-state index in [0.717, 1.165) is 31.2 Å². The molecule has 1 aromatic rings. The monoisotopic (exact) mass is 460 g/mol. The SMILES string of the molecule is CN=C(NCCCCN1CCCC1)NCCc1ccc(OC)cc1.I. The van der Waals surface area contributed by atoms with Gasteiger partial charge in [0.05, 0.1) is 7.11 Å². The molecule has 1 heterocycles. The molecular formula is C19H33IN4O. The van der Waals surface area contributed by atoms with Gasteiger partial charge >= 0.3 is 0 Å². The summed E-state index contributed by atoms with van der Waals surface area (Å²) in [7, 11) is 3.52. The smallest absolute Gasteiger partial charge is 0.190 e. The fraction of sp³-hybridized carbons (Fsp3) is 0.632. The number of ether oxygens (including phenoxy) is 1. The number of benzene rings is 1. The lowest BCUT2D eigenvalue weighted by atomic mass is 10.1. The van der Waals surface area contributed by atoms with Gasteiger partial charge in [0.15, 0.2) is 5.96 Å². The van der Waals surface area contributed by atoms with Crippen molar-refractivity contribution in [3.63, 3.8) is 0 Å². The lowest BCUT2D eigenvalue weighted by Crippen LogP contribution is -2.38. The molecule has 0 atom stereocenters. The first-order valence-corrected chi connectivity index (χ1v) is 9.11. The molecule has 0 aliphatic carbocycles. The van der Waals surface area contributed by atoms with E-state index in [0.29, 0.717) is 0 Å². The maximum atomic E-state index is 5.18. The zero-order valence-electron chi connectivity index (χ0n) is 15.6. The van der Waals surface area contributed by atoms with Gasteiger partial charge in [-0.3, -0.25) is 4.99 Å². The minimum Gasteiger partial charge on any atom is -0.497 e. The number of unbranched alkanes of at least 4 members (excludes halogenated alkanes) is 1. The van der Waals surface area contributed by atoms with Crippen molar-refractivity contribution in [1.29, 1.82) is 0 Å². The third-order valence-corrected chi connectivity index (χ3v) is 4.48. The molecule has 0 radical (unpaired) electrons. The quantitative estimate of drug-likeness (QED) is 0.258. The van der Waals surface area contributed by atoms with Crippen molar-refractivity contribution < 1.29 is 4.74 Å². The number of halogens is 1. The normalized spacial score (nSPS) is 14.9. The van der Waals surface area contributed by atoms with Crippen molar-refractivity contribution >= 4 is 29.9 Å². The van der Waals surface area contributed by atoms with Gasteiger partial charge in [-0.15, -0.1) is 24.0 Å². The number of rotatable bonds is 9. The molecule has 2 N–H and O–H groups in total. The number of nitrogens with zero attached hydrogens (tertiary/aromatic N) is 2. The molecule has 0 aromatic heterocycles. The maximum Gasteiger partial charge on any atom is 0.190 e. The van der Waals surface area contributed by atoms with Crippen LogP contribution in [0.1, 0.15) is 31.2 Å². The lowest BCUT2D eigenvalue weighted by Gasteiger charge is -2.15. The molecule has 0 bridgehead atoms. The van der Waals surface area contributed by atoms with E-state index in [4.69, 9.17) is 4.74 Å². The number of guanidine groups is 1. The van der Waals surface area contributed by atoms with Crippen LogP contribution >= 0.6 is 24.0 Å². The molecule has 0 saturated carbocycles. The Morgan fingerprint density at radius 3 is 2.40 bits per heavy atom. The number of hydrogen-bond acceptors (Lipinski definition) is 3. The third-order valence-electron chi connectivity index (χ3n) is 4.48. The molecule has 2 rings (SSSR count). The van der Waals surface area contributed by atoms with Gasteiger partial charge in [-0.25, -0.2) is 0 Å². The summed E-state index contributed by atoms with van der Waals surface area (Å²) in [6.07, 6.45) is 6.18. The van der Waals surface area contributed by atoms with E-state index >= 15 is 0 Å². The number of hydrogen-bond donors (Lipinski definition) is 2. The topological polar surface area (TPSA) is 48.9 Å². The molecule has 0 spiro atoms. The van der Waals surface area contributed by atoms with E-state index in [1.807, 2.05) is 19.2 Å². The Morgan fingerprint density at radius 2 is 1.76 bits per heavy atom. The molecule has 5 nitrogen and oxygen atoms in total. The Hall–Kier alpha value is -1.02. The molecule has 1 aliphatic rings. The average molecular weight is 460 g/mol. The van der Waals surface area contributed by atoms with Gasteiger partial charge in [0.1, 0.15) is 5.75 Å². The van der Waals surface area contributed by atoms with E-state index in [2.05, 4.69) is 32.7 Å². The first kappa shape index (κ1) is 22.0. The van der Waals surface area contributed by atoms with Crippen LogP contribution in [0.4, 0.5) is 0 Å². The van der Waals surface area contributed by atoms with Crippen molar-refractivity contribution in [3.8, 4) is 5.75 Å². The minimum absolute atomic E-state index is 0. The minimum atomic E-state index is 0. The van der Waals surface area contributed by atoms with Crippen LogP contribution in [0.2, 0.25) is 0 Å². The van der Waals surface area contributed by atoms with Gasteiger partial charge in [-0.1, -0.05) is 12.1 Å². The van der Waals surface area contributed by atoms with Crippen molar-refractivity contribution in [3.05, 3.63) is 29.8 Å². The second kappa shape index (κ2) is 13.2. The van der Waals surface area contributed by atoms with Crippen molar-refractivity contribution in [1.82, 2.24) is 15.5 Å². The molecule has 1 aliphatic heterocycles. The molecule has 142 valence electrons. The third kappa shape index (κ3) is 8.76. The number of aliphatic imine (C=N–C) groups is 1. The second-order valence-electron chi connectivity index (χ2n) is 6.28. The largest absolute Gasteiger partial charge is 0.497 e. The summed E-state index contributed by atoms with van der Waals surface area (Å²) < 4.78 is 5.18. The van der Waals surface area contributed by atoms with E-state index in [9.17, 15) is 0 Å². The van der Waals surface area contributed by atoms with Gasteiger partial charge in [-0.05, 0) is 69.4 Å².